The zero-order valence-electron chi connectivity index (χ0n) is 13.5. The highest BCUT2D eigenvalue weighted by atomic mass is 16.5. The first-order valence-corrected chi connectivity index (χ1v) is 7.48. The zero-order chi connectivity index (χ0) is 17.1. The minimum Gasteiger partial charge on any atom is -0.497 e. The normalized spacial score (nSPS) is 12.5. The fourth-order valence-electron chi connectivity index (χ4n) is 2.79. The Labute approximate surface area is 139 Å². The van der Waals surface area contributed by atoms with Gasteiger partial charge in [-0.2, -0.15) is 0 Å². The summed E-state index contributed by atoms with van der Waals surface area (Å²) < 4.78 is 10.0. The SMILES string of the molecule is COc1ccc2cc(C(C(=O)O)N(C)Cc3ccon3)ccc2c1. The molecular formula is C18H18N2O4. The van der Waals surface area contributed by atoms with Gasteiger partial charge in [0, 0.05) is 12.6 Å². The summed E-state index contributed by atoms with van der Waals surface area (Å²) in [6.07, 6.45) is 1.47. The fraction of sp³-hybridized carbons (Fsp3) is 0.222. The molecule has 0 spiro atoms. The third-order valence-corrected chi connectivity index (χ3v) is 3.96. The summed E-state index contributed by atoms with van der Waals surface area (Å²) in [5.74, 6) is -0.137. The molecule has 2 aromatic carbocycles. The number of ether oxygens (including phenoxy) is 1. The Morgan fingerprint density at radius 1 is 1.25 bits per heavy atom. The Morgan fingerprint density at radius 2 is 2.00 bits per heavy atom. The summed E-state index contributed by atoms with van der Waals surface area (Å²) in [6, 6.07) is 12.3. The predicted octanol–water partition coefficient (Wildman–Crippen LogP) is 3.09. The van der Waals surface area contributed by atoms with E-state index in [1.165, 1.54) is 6.26 Å². The van der Waals surface area contributed by atoms with Crippen molar-refractivity contribution in [3.05, 3.63) is 60.0 Å². The van der Waals surface area contributed by atoms with Gasteiger partial charge in [-0.1, -0.05) is 23.4 Å². The molecule has 0 aliphatic carbocycles. The largest absolute Gasteiger partial charge is 0.497 e. The lowest BCUT2D eigenvalue weighted by Crippen LogP contribution is -2.30. The van der Waals surface area contributed by atoms with E-state index in [4.69, 9.17) is 9.26 Å². The first kappa shape index (κ1) is 16.0. The van der Waals surface area contributed by atoms with E-state index in [-0.39, 0.29) is 0 Å². The van der Waals surface area contributed by atoms with E-state index in [2.05, 4.69) is 5.16 Å². The quantitative estimate of drug-likeness (QED) is 0.750. The zero-order valence-corrected chi connectivity index (χ0v) is 13.5. The molecule has 1 heterocycles. The van der Waals surface area contributed by atoms with Crippen molar-refractivity contribution in [1.29, 1.82) is 0 Å². The van der Waals surface area contributed by atoms with Gasteiger partial charge in [-0.25, -0.2) is 0 Å². The Balaban J connectivity index is 1.93. The lowest BCUT2D eigenvalue weighted by atomic mass is 10.0. The number of hydrogen-bond acceptors (Lipinski definition) is 5. The number of hydrogen-bond donors (Lipinski definition) is 1. The predicted molar refractivity (Wildman–Crippen MR) is 88.8 cm³/mol. The van der Waals surface area contributed by atoms with E-state index in [0.717, 1.165) is 16.5 Å². The molecule has 124 valence electrons. The van der Waals surface area contributed by atoms with E-state index in [0.29, 0.717) is 17.8 Å². The van der Waals surface area contributed by atoms with Gasteiger partial charge in [0.2, 0.25) is 0 Å². The van der Waals surface area contributed by atoms with Crippen LogP contribution in [0.5, 0.6) is 5.75 Å². The van der Waals surface area contributed by atoms with Gasteiger partial charge in [-0.3, -0.25) is 9.69 Å². The second kappa shape index (κ2) is 6.72. The summed E-state index contributed by atoms with van der Waals surface area (Å²) in [5, 5.41) is 15.5. The number of aliphatic carboxylic acids is 1. The topological polar surface area (TPSA) is 75.8 Å². The van der Waals surface area contributed by atoms with Crippen LogP contribution in [0.3, 0.4) is 0 Å². The van der Waals surface area contributed by atoms with Crippen LogP contribution in [0.2, 0.25) is 0 Å². The second-order valence-electron chi connectivity index (χ2n) is 5.62. The average molecular weight is 326 g/mol. The molecule has 0 saturated heterocycles. The molecule has 0 fully saturated rings. The van der Waals surface area contributed by atoms with Crippen LogP contribution < -0.4 is 4.74 Å². The third-order valence-electron chi connectivity index (χ3n) is 3.96. The molecule has 3 aromatic rings. The number of aromatic nitrogens is 1. The van der Waals surface area contributed by atoms with Crippen LogP contribution in [0.15, 0.2) is 53.3 Å². The van der Waals surface area contributed by atoms with Gasteiger partial charge < -0.3 is 14.4 Å². The smallest absolute Gasteiger partial charge is 0.325 e. The number of likely N-dealkylation sites (N-methyl/N-ethyl adjacent to an activating group) is 1. The maximum absolute atomic E-state index is 11.8. The van der Waals surface area contributed by atoms with Crippen molar-refractivity contribution in [3.8, 4) is 5.75 Å². The number of carboxylic acids is 1. The summed E-state index contributed by atoms with van der Waals surface area (Å²) in [5.41, 5.74) is 1.40. The molecule has 1 unspecified atom stereocenters. The van der Waals surface area contributed by atoms with Crippen molar-refractivity contribution in [3.63, 3.8) is 0 Å². The number of nitrogens with zero attached hydrogens (tertiary/aromatic N) is 2. The highest BCUT2D eigenvalue weighted by Crippen LogP contribution is 2.27. The van der Waals surface area contributed by atoms with E-state index in [1.807, 2.05) is 36.4 Å². The Hall–Kier alpha value is -2.86. The number of rotatable bonds is 6. The first-order valence-electron chi connectivity index (χ1n) is 7.48. The molecule has 0 radical (unpaired) electrons. The Kier molecular flexibility index (Phi) is 4.48. The van der Waals surface area contributed by atoms with Gasteiger partial charge >= 0.3 is 5.97 Å². The monoisotopic (exact) mass is 326 g/mol. The first-order chi connectivity index (χ1) is 11.6. The van der Waals surface area contributed by atoms with Crippen molar-refractivity contribution in [1.82, 2.24) is 10.1 Å². The van der Waals surface area contributed by atoms with Crippen LogP contribution in [0.25, 0.3) is 10.8 Å². The maximum Gasteiger partial charge on any atom is 0.325 e. The van der Waals surface area contributed by atoms with Crippen LogP contribution in [-0.2, 0) is 11.3 Å². The Bertz CT molecular complexity index is 845. The van der Waals surface area contributed by atoms with Crippen molar-refractivity contribution >= 4 is 16.7 Å². The lowest BCUT2D eigenvalue weighted by molar-refractivity contribution is -0.143. The summed E-state index contributed by atoms with van der Waals surface area (Å²) in [7, 11) is 3.38. The molecule has 1 atom stereocenters. The van der Waals surface area contributed by atoms with Crippen molar-refractivity contribution < 1.29 is 19.2 Å². The van der Waals surface area contributed by atoms with E-state index in [1.54, 1.807) is 25.1 Å². The molecule has 1 N–H and O–H groups in total. The fourth-order valence-corrected chi connectivity index (χ4v) is 2.79. The molecule has 0 aliphatic rings. The van der Waals surface area contributed by atoms with Crippen LogP contribution in [0.4, 0.5) is 0 Å². The van der Waals surface area contributed by atoms with E-state index in [9.17, 15) is 9.90 Å². The molecule has 0 bridgehead atoms. The minimum atomic E-state index is -0.908. The van der Waals surface area contributed by atoms with E-state index >= 15 is 0 Å². The lowest BCUT2D eigenvalue weighted by Gasteiger charge is -2.24. The van der Waals surface area contributed by atoms with Gasteiger partial charge in [0.05, 0.1) is 12.8 Å². The van der Waals surface area contributed by atoms with Gasteiger partial charge in [0.1, 0.15) is 18.1 Å². The van der Waals surface area contributed by atoms with Gasteiger partial charge in [-0.05, 0) is 41.6 Å². The summed E-state index contributed by atoms with van der Waals surface area (Å²) >= 11 is 0. The van der Waals surface area contributed by atoms with Gasteiger partial charge in [0.15, 0.2) is 0 Å². The highest BCUT2D eigenvalue weighted by molar-refractivity contribution is 5.86. The number of carbonyl (C=O) groups is 1. The highest BCUT2D eigenvalue weighted by Gasteiger charge is 2.25. The number of methoxy groups -OCH3 is 1. The van der Waals surface area contributed by atoms with Crippen LogP contribution in [-0.4, -0.2) is 35.3 Å². The second-order valence-corrected chi connectivity index (χ2v) is 5.62. The molecule has 0 saturated carbocycles. The van der Waals surface area contributed by atoms with Crippen LogP contribution in [0.1, 0.15) is 17.3 Å². The van der Waals surface area contributed by atoms with E-state index < -0.39 is 12.0 Å². The van der Waals surface area contributed by atoms with Crippen molar-refractivity contribution in [2.24, 2.45) is 0 Å². The van der Waals surface area contributed by atoms with Gasteiger partial charge in [-0.15, -0.1) is 0 Å². The average Bonchev–Trinajstić information content (AvgIpc) is 3.07. The molecule has 3 rings (SSSR count). The molecular weight excluding hydrogens is 308 g/mol. The van der Waals surface area contributed by atoms with Crippen molar-refractivity contribution in [2.75, 3.05) is 14.2 Å². The minimum absolute atomic E-state index is 0.383. The molecule has 24 heavy (non-hydrogen) atoms. The maximum atomic E-state index is 11.8. The summed E-state index contributed by atoms with van der Waals surface area (Å²) in [6.45, 7) is 0.383. The number of fused-ring (bicyclic) bond motifs is 1. The number of carboxylic acid groups (broad SMARTS) is 1. The van der Waals surface area contributed by atoms with Crippen molar-refractivity contribution in [2.45, 2.75) is 12.6 Å². The number of benzene rings is 2. The van der Waals surface area contributed by atoms with Gasteiger partial charge in [0.25, 0.3) is 0 Å². The third kappa shape index (κ3) is 3.23. The molecule has 0 aliphatic heterocycles. The summed E-state index contributed by atoms with van der Waals surface area (Å²) in [4.78, 5) is 13.5. The molecule has 6 nitrogen and oxygen atoms in total. The van der Waals surface area contributed by atoms with Crippen LogP contribution >= 0.6 is 0 Å². The molecule has 0 amide bonds. The molecule has 1 aromatic heterocycles. The molecule has 6 heteroatoms. The Morgan fingerprint density at radius 3 is 2.67 bits per heavy atom. The van der Waals surface area contributed by atoms with Crippen LogP contribution in [0, 0.1) is 0 Å². The standard InChI is InChI=1S/C18H18N2O4/c1-20(11-15-7-8-24-19-15)17(18(21)22)14-4-3-13-10-16(23-2)6-5-12(13)9-14/h3-10,17H,11H2,1-2H3,(H,21,22).